The maximum atomic E-state index is 13.5. The van der Waals surface area contributed by atoms with Crippen molar-refractivity contribution in [2.45, 2.75) is 52.1 Å². The second-order valence-corrected chi connectivity index (χ2v) is 9.61. The van der Waals surface area contributed by atoms with Crippen LogP contribution in [0.2, 0.25) is 0 Å². The van der Waals surface area contributed by atoms with Gasteiger partial charge in [0.25, 0.3) is 5.91 Å². The first-order valence-corrected chi connectivity index (χ1v) is 12.1. The van der Waals surface area contributed by atoms with E-state index in [1.165, 1.54) is 10.9 Å². The predicted molar refractivity (Wildman–Crippen MR) is 130 cm³/mol. The highest BCUT2D eigenvalue weighted by atomic mass is 16.2. The van der Waals surface area contributed by atoms with Crippen LogP contribution in [0.1, 0.15) is 47.6 Å². The van der Waals surface area contributed by atoms with Crippen molar-refractivity contribution in [1.82, 2.24) is 25.3 Å². The lowest BCUT2D eigenvalue weighted by atomic mass is 9.88. The van der Waals surface area contributed by atoms with E-state index in [1.54, 1.807) is 6.07 Å². The Kier molecular flexibility index (Phi) is 6.12. The van der Waals surface area contributed by atoms with E-state index in [4.69, 9.17) is 5.26 Å². The lowest BCUT2D eigenvalue weighted by Gasteiger charge is -2.27. The smallest absolute Gasteiger partial charge is 0.270 e. The first-order chi connectivity index (χ1) is 17.0. The molecule has 5 rings (SSSR count). The van der Waals surface area contributed by atoms with Crippen molar-refractivity contribution in [3.05, 3.63) is 53.6 Å². The molecule has 2 heterocycles. The highest BCUT2D eigenvalue weighted by molar-refractivity contribution is 6.01. The molecule has 0 bridgehead atoms. The van der Waals surface area contributed by atoms with Crippen LogP contribution in [-0.2, 0) is 11.3 Å². The van der Waals surface area contributed by atoms with Crippen LogP contribution in [0.15, 0.2) is 36.5 Å². The average Bonchev–Trinajstić information content (AvgIpc) is 3.77. The number of hydrogen-bond acceptors (Lipinski definition) is 5. The Bertz CT molecular complexity index is 1240. The average molecular weight is 472 g/mol. The summed E-state index contributed by atoms with van der Waals surface area (Å²) in [5.74, 6) is 0.429. The molecule has 0 spiro atoms. The van der Waals surface area contributed by atoms with Gasteiger partial charge in [-0.3, -0.25) is 14.7 Å². The first kappa shape index (κ1) is 22.8. The number of amides is 2. The molecule has 2 aliphatic rings. The van der Waals surface area contributed by atoms with Gasteiger partial charge in [0, 0.05) is 23.1 Å². The number of nitrogens with one attached hydrogen (secondary N) is 3. The van der Waals surface area contributed by atoms with Gasteiger partial charge in [-0.2, -0.15) is 15.5 Å². The van der Waals surface area contributed by atoms with Gasteiger partial charge in [-0.15, -0.1) is 0 Å². The maximum Gasteiger partial charge on any atom is 0.270 e. The van der Waals surface area contributed by atoms with Crippen molar-refractivity contribution >= 4 is 17.5 Å². The number of carbonyl (C=O) groups excluding carboxylic acids is 2. The van der Waals surface area contributed by atoms with Crippen LogP contribution in [0.25, 0.3) is 11.1 Å². The maximum absolute atomic E-state index is 13.5. The fourth-order valence-corrected chi connectivity index (χ4v) is 5.08. The molecule has 0 saturated heterocycles. The molecule has 2 aliphatic carbocycles. The molecule has 3 aromatic rings. The van der Waals surface area contributed by atoms with E-state index in [9.17, 15) is 9.59 Å². The van der Waals surface area contributed by atoms with Crippen LogP contribution in [-0.4, -0.2) is 37.8 Å². The summed E-state index contributed by atoms with van der Waals surface area (Å²) in [6.45, 7) is 3.92. The number of H-pyrrole nitrogens is 1. The monoisotopic (exact) mass is 471 g/mol. The van der Waals surface area contributed by atoms with Crippen molar-refractivity contribution in [2.75, 3.05) is 5.32 Å². The second-order valence-electron chi connectivity index (χ2n) is 9.61. The molecule has 9 heteroatoms. The zero-order valence-electron chi connectivity index (χ0n) is 19.9. The topological polar surface area (TPSA) is 128 Å². The third-order valence-corrected chi connectivity index (χ3v) is 7.03. The number of carbonyl (C=O) groups is 2. The lowest BCUT2D eigenvalue weighted by molar-refractivity contribution is -0.119. The van der Waals surface area contributed by atoms with Crippen LogP contribution in [0.3, 0.4) is 0 Å². The molecule has 2 fully saturated rings. The van der Waals surface area contributed by atoms with Gasteiger partial charge in [-0.1, -0.05) is 12.1 Å². The highest BCUT2D eigenvalue weighted by Gasteiger charge is 2.48. The molecule has 2 amide bonds. The van der Waals surface area contributed by atoms with Gasteiger partial charge in [0.05, 0.1) is 11.8 Å². The number of nitriles is 1. The summed E-state index contributed by atoms with van der Waals surface area (Å²) in [7, 11) is 0. The second kappa shape index (κ2) is 9.37. The molecule has 35 heavy (non-hydrogen) atoms. The molecule has 2 saturated carbocycles. The van der Waals surface area contributed by atoms with Gasteiger partial charge in [-0.05, 0) is 81.0 Å². The van der Waals surface area contributed by atoms with Crippen molar-refractivity contribution in [3.63, 3.8) is 0 Å². The number of benzene rings is 1. The molecule has 2 aromatic heterocycles. The molecule has 9 nitrogen and oxygen atoms in total. The van der Waals surface area contributed by atoms with Crippen LogP contribution < -0.4 is 10.6 Å². The van der Waals surface area contributed by atoms with Gasteiger partial charge in [-0.25, -0.2) is 4.68 Å². The fraction of sp³-hybridized carbons (Fsp3) is 0.423. The van der Waals surface area contributed by atoms with E-state index in [2.05, 4.69) is 25.9 Å². The number of anilines is 1. The number of rotatable bonds is 9. The van der Waals surface area contributed by atoms with Crippen molar-refractivity contribution in [2.24, 2.45) is 17.8 Å². The number of hydrogen-bond donors (Lipinski definition) is 3. The van der Waals surface area contributed by atoms with E-state index in [1.807, 2.05) is 44.2 Å². The van der Waals surface area contributed by atoms with E-state index >= 15 is 0 Å². The molecule has 0 radical (unpaired) electrons. The number of nitrogens with zero attached hydrogens (tertiary/aromatic N) is 4. The number of aromatic nitrogens is 4. The lowest BCUT2D eigenvalue weighted by Crippen LogP contribution is -2.50. The largest absolute Gasteiger partial charge is 0.339 e. The van der Waals surface area contributed by atoms with Crippen molar-refractivity contribution in [3.8, 4) is 17.2 Å². The third-order valence-electron chi connectivity index (χ3n) is 7.03. The Hall–Kier alpha value is -3.93. The van der Waals surface area contributed by atoms with E-state index in [0.717, 1.165) is 48.2 Å². The standard InChI is InChI=1S/C26H29N7O2/c1-15-22(16(2)32-31-15)17-7-9-20(10-8-17)29-26(35)24(23(18-3-4-18)19-5-6-19)30-25(34)21-11-13-28-33(21)14-12-27/h7-11,13,18-19,23-24H,3-6,14H2,1-2H3,(H,29,35)(H,30,34)(H,31,32)/t24-/m0/s1. The summed E-state index contributed by atoms with van der Waals surface area (Å²) in [6.07, 6.45) is 5.85. The zero-order valence-corrected chi connectivity index (χ0v) is 19.9. The molecule has 0 aliphatic heterocycles. The van der Waals surface area contributed by atoms with Crippen molar-refractivity contribution < 1.29 is 9.59 Å². The van der Waals surface area contributed by atoms with Crippen LogP contribution in [0.4, 0.5) is 5.69 Å². The molecule has 180 valence electrons. The van der Waals surface area contributed by atoms with Crippen molar-refractivity contribution in [1.29, 1.82) is 5.26 Å². The van der Waals surface area contributed by atoms with Gasteiger partial charge in [0.2, 0.25) is 5.91 Å². The quantitative estimate of drug-likeness (QED) is 0.439. The summed E-state index contributed by atoms with van der Waals surface area (Å²) in [6, 6.07) is 10.6. The minimum absolute atomic E-state index is 0.0245. The Morgan fingerprint density at radius 1 is 1.14 bits per heavy atom. The third kappa shape index (κ3) is 4.83. The molecule has 1 atom stereocenters. The summed E-state index contributed by atoms with van der Waals surface area (Å²) in [5, 5.41) is 26.4. The minimum atomic E-state index is -0.647. The summed E-state index contributed by atoms with van der Waals surface area (Å²) >= 11 is 0. The van der Waals surface area contributed by atoms with Crippen LogP contribution in [0, 0.1) is 42.9 Å². The van der Waals surface area contributed by atoms with E-state index in [0.29, 0.717) is 17.5 Å². The number of aryl methyl sites for hydroxylation is 2. The summed E-state index contributed by atoms with van der Waals surface area (Å²) in [4.78, 5) is 26.7. The van der Waals surface area contributed by atoms with Gasteiger partial charge in [0.1, 0.15) is 18.3 Å². The van der Waals surface area contributed by atoms with E-state index < -0.39 is 6.04 Å². The highest BCUT2D eigenvalue weighted by Crippen LogP contribution is 2.51. The zero-order chi connectivity index (χ0) is 24.5. The van der Waals surface area contributed by atoms with Crippen LogP contribution >= 0.6 is 0 Å². The molecule has 1 aromatic carbocycles. The Morgan fingerprint density at radius 2 is 1.83 bits per heavy atom. The van der Waals surface area contributed by atoms with Gasteiger partial charge >= 0.3 is 0 Å². The fourth-order valence-electron chi connectivity index (χ4n) is 5.08. The SMILES string of the molecule is Cc1n[nH]c(C)c1-c1ccc(NC(=O)[C@@H](NC(=O)c2ccnn2CC#N)C(C2CC2)C2CC2)cc1. The van der Waals surface area contributed by atoms with Gasteiger partial charge in [0.15, 0.2) is 0 Å². The Labute approximate surface area is 203 Å². The first-order valence-electron chi connectivity index (χ1n) is 12.1. The molecule has 0 unspecified atom stereocenters. The Morgan fingerprint density at radius 3 is 2.40 bits per heavy atom. The summed E-state index contributed by atoms with van der Waals surface area (Å²) < 4.78 is 1.35. The normalized spacial score (nSPS) is 16.1. The molecule has 3 N–H and O–H groups in total. The van der Waals surface area contributed by atoms with Gasteiger partial charge < -0.3 is 10.6 Å². The number of aromatic amines is 1. The Balaban J connectivity index is 1.36. The van der Waals surface area contributed by atoms with Crippen LogP contribution in [0.5, 0.6) is 0 Å². The molecular formula is C26H29N7O2. The summed E-state index contributed by atoms with van der Waals surface area (Å²) in [5.41, 5.74) is 4.96. The van der Waals surface area contributed by atoms with E-state index in [-0.39, 0.29) is 30.0 Å². The molecular weight excluding hydrogens is 442 g/mol. The predicted octanol–water partition coefficient (Wildman–Crippen LogP) is 3.59. The minimum Gasteiger partial charge on any atom is -0.339 e.